The van der Waals surface area contributed by atoms with Crippen LogP contribution in [0.3, 0.4) is 0 Å². The minimum Gasteiger partial charge on any atom is -0.490 e. The van der Waals surface area contributed by atoms with Gasteiger partial charge in [-0.2, -0.15) is 0 Å². The molecule has 0 radical (unpaired) electrons. The number of thiophene rings is 1. The molecule has 0 aliphatic heterocycles. The Balaban J connectivity index is 1.32. The minimum absolute atomic E-state index is 0.265. The molecular weight excluding hydrogens is 414 g/mol. The van der Waals surface area contributed by atoms with Gasteiger partial charge in [-0.05, 0) is 67.7 Å². The van der Waals surface area contributed by atoms with Crippen molar-refractivity contribution in [3.8, 4) is 11.5 Å². The zero-order chi connectivity index (χ0) is 21.4. The lowest BCUT2D eigenvalue weighted by Gasteiger charge is -2.28. The Kier molecular flexibility index (Phi) is 6.05. The summed E-state index contributed by atoms with van der Waals surface area (Å²) >= 11 is 1.15. The molecule has 2 fully saturated rings. The minimum atomic E-state index is -0.384. The summed E-state index contributed by atoms with van der Waals surface area (Å²) < 4.78 is 42.8. The van der Waals surface area contributed by atoms with Crippen molar-refractivity contribution in [1.29, 1.82) is 0 Å². The van der Waals surface area contributed by atoms with Crippen LogP contribution < -0.4 is 9.47 Å². The molecule has 0 atom stereocenters. The average Bonchev–Trinajstić information content (AvgIpc) is 3.53. The van der Waals surface area contributed by atoms with E-state index in [-0.39, 0.29) is 23.1 Å². The molecule has 0 spiro atoms. The Hall–Kier alpha value is -1.88. The van der Waals surface area contributed by atoms with Crippen LogP contribution in [-0.2, 0) is 0 Å². The van der Waals surface area contributed by atoms with E-state index in [1.54, 1.807) is 12.1 Å². The molecule has 2 nitrogen and oxygen atoms in total. The molecule has 2 saturated carbocycles. The first-order valence-corrected chi connectivity index (χ1v) is 12.5. The van der Waals surface area contributed by atoms with Crippen molar-refractivity contribution < 1.29 is 18.3 Å². The Morgan fingerprint density at radius 3 is 1.65 bits per heavy atom. The molecule has 31 heavy (non-hydrogen) atoms. The Bertz CT molecular complexity index is 1060. The zero-order valence-electron chi connectivity index (χ0n) is 18.1. The average molecular weight is 445 g/mol. The molecule has 2 aliphatic carbocycles. The van der Waals surface area contributed by atoms with Crippen LogP contribution in [0, 0.1) is 29.4 Å². The van der Waals surface area contributed by atoms with E-state index in [2.05, 4.69) is 6.92 Å². The highest BCUT2D eigenvalue weighted by Crippen LogP contribution is 2.42. The Morgan fingerprint density at radius 1 is 0.742 bits per heavy atom. The lowest BCUT2D eigenvalue weighted by Crippen LogP contribution is -2.20. The van der Waals surface area contributed by atoms with Crippen molar-refractivity contribution in [3.63, 3.8) is 0 Å². The van der Waals surface area contributed by atoms with Gasteiger partial charge in [-0.1, -0.05) is 32.6 Å². The maximum atomic E-state index is 15.3. The van der Waals surface area contributed by atoms with Gasteiger partial charge < -0.3 is 9.47 Å². The van der Waals surface area contributed by atoms with Gasteiger partial charge >= 0.3 is 0 Å². The van der Waals surface area contributed by atoms with Crippen molar-refractivity contribution in [3.05, 3.63) is 35.9 Å². The monoisotopic (exact) mass is 444 g/mol. The SMILES string of the molecule is CCCC1CCC(COc2ccc3c(sc4c(F)c(OCC5CC5)ccc43)c2F)CC1. The molecule has 0 saturated heterocycles. The largest absolute Gasteiger partial charge is 0.490 e. The first-order chi connectivity index (χ1) is 15.1. The van der Waals surface area contributed by atoms with E-state index < -0.39 is 0 Å². The molecule has 3 aromatic rings. The summed E-state index contributed by atoms with van der Waals surface area (Å²) in [6, 6.07) is 7.06. The van der Waals surface area contributed by atoms with Crippen LogP contribution in [0.25, 0.3) is 20.2 Å². The second kappa shape index (κ2) is 8.93. The fourth-order valence-corrected chi connectivity index (χ4v) is 5.98. The second-order valence-corrected chi connectivity index (χ2v) is 10.4. The summed E-state index contributed by atoms with van der Waals surface area (Å²) in [4.78, 5) is 0. The number of hydrogen-bond acceptors (Lipinski definition) is 3. The second-order valence-electron chi connectivity index (χ2n) is 9.35. The van der Waals surface area contributed by atoms with Gasteiger partial charge in [0.1, 0.15) is 0 Å². The number of halogens is 2. The molecule has 1 aromatic heterocycles. The number of benzene rings is 2. The van der Waals surface area contributed by atoms with Gasteiger partial charge in [-0.25, -0.2) is 8.78 Å². The number of fused-ring (bicyclic) bond motifs is 3. The van der Waals surface area contributed by atoms with Crippen molar-refractivity contribution in [2.24, 2.45) is 17.8 Å². The quantitative estimate of drug-likeness (QED) is 0.349. The van der Waals surface area contributed by atoms with Crippen LogP contribution in [0.4, 0.5) is 8.78 Å². The van der Waals surface area contributed by atoms with Gasteiger partial charge in [-0.3, -0.25) is 0 Å². The summed E-state index contributed by atoms with van der Waals surface area (Å²) in [7, 11) is 0. The van der Waals surface area contributed by atoms with E-state index in [4.69, 9.17) is 9.47 Å². The van der Waals surface area contributed by atoms with Crippen LogP contribution in [0.2, 0.25) is 0 Å². The molecular formula is C26H30F2O2S. The normalized spacial score (nSPS) is 21.6. The molecule has 2 aliphatic rings. The molecule has 0 N–H and O–H groups in total. The van der Waals surface area contributed by atoms with Crippen LogP contribution in [0.5, 0.6) is 11.5 Å². The third-order valence-corrected chi connectivity index (χ3v) is 8.13. The van der Waals surface area contributed by atoms with Crippen molar-refractivity contribution in [2.45, 2.75) is 58.3 Å². The summed E-state index contributed by atoms with van der Waals surface area (Å²) in [6.45, 7) is 3.36. The highest BCUT2D eigenvalue weighted by atomic mass is 32.1. The number of ether oxygens (including phenoxy) is 2. The summed E-state index contributed by atoms with van der Waals surface area (Å²) in [5.74, 6) is 1.68. The Morgan fingerprint density at radius 2 is 1.19 bits per heavy atom. The summed E-state index contributed by atoms with van der Waals surface area (Å²) in [5.41, 5.74) is 0. The zero-order valence-corrected chi connectivity index (χ0v) is 18.9. The Labute approximate surface area is 186 Å². The van der Waals surface area contributed by atoms with Gasteiger partial charge in [0.2, 0.25) is 0 Å². The summed E-state index contributed by atoms with van der Waals surface area (Å²) in [6.07, 6.45) is 9.70. The van der Waals surface area contributed by atoms with E-state index >= 15 is 8.78 Å². The van der Waals surface area contributed by atoms with Gasteiger partial charge in [0.25, 0.3) is 0 Å². The van der Waals surface area contributed by atoms with E-state index in [1.165, 1.54) is 25.7 Å². The summed E-state index contributed by atoms with van der Waals surface area (Å²) in [5, 5.41) is 1.47. The molecule has 0 unspecified atom stereocenters. The van der Waals surface area contributed by atoms with Crippen molar-refractivity contribution in [2.75, 3.05) is 13.2 Å². The molecule has 0 amide bonds. The van der Waals surface area contributed by atoms with E-state index in [1.807, 2.05) is 12.1 Å². The highest BCUT2D eigenvalue weighted by molar-refractivity contribution is 7.25. The number of hydrogen-bond donors (Lipinski definition) is 0. The van der Waals surface area contributed by atoms with Crippen LogP contribution in [0.1, 0.15) is 58.3 Å². The predicted octanol–water partition coefficient (Wildman–Crippen LogP) is 8.11. The standard InChI is InChI=1S/C26H30F2O2S/c1-2-3-16-4-6-17(7-5-16)14-29-21-12-10-19-20-11-13-22(30-15-18-8-9-18)24(28)26(20)31-25(19)23(21)27/h10-13,16-18H,2-9,14-15H2,1H3. The third-order valence-electron chi connectivity index (χ3n) is 6.93. The first-order valence-electron chi connectivity index (χ1n) is 11.7. The fourth-order valence-electron chi connectivity index (χ4n) is 4.82. The van der Waals surface area contributed by atoms with E-state index in [0.29, 0.717) is 34.4 Å². The third kappa shape index (κ3) is 4.39. The van der Waals surface area contributed by atoms with Gasteiger partial charge in [0.05, 0.1) is 22.6 Å². The lowest BCUT2D eigenvalue weighted by atomic mass is 9.80. The fraction of sp³-hybridized carbons (Fsp3) is 0.538. The predicted molar refractivity (Wildman–Crippen MR) is 123 cm³/mol. The topological polar surface area (TPSA) is 18.5 Å². The van der Waals surface area contributed by atoms with Crippen LogP contribution in [0.15, 0.2) is 24.3 Å². The van der Waals surface area contributed by atoms with Crippen LogP contribution in [-0.4, -0.2) is 13.2 Å². The molecule has 1 heterocycles. The smallest absolute Gasteiger partial charge is 0.182 e. The molecule has 5 rings (SSSR count). The van der Waals surface area contributed by atoms with Crippen LogP contribution >= 0.6 is 11.3 Å². The number of rotatable bonds is 8. The molecule has 2 aromatic carbocycles. The lowest BCUT2D eigenvalue weighted by molar-refractivity contribution is 0.175. The maximum absolute atomic E-state index is 15.3. The highest BCUT2D eigenvalue weighted by Gasteiger charge is 2.24. The van der Waals surface area contributed by atoms with Gasteiger partial charge in [0.15, 0.2) is 23.1 Å². The van der Waals surface area contributed by atoms with Gasteiger partial charge in [0, 0.05) is 10.8 Å². The van der Waals surface area contributed by atoms with E-state index in [0.717, 1.165) is 53.7 Å². The molecule has 166 valence electrons. The first kappa shape index (κ1) is 21.0. The maximum Gasteiger partial charge on any atom is 0.182 e. The van der Waals surface area contributed by atoms with Crippen molar-refractivity contribution in [1.82, 2.24) is 0 Å². The van der Waals surface area contributed by atoms with Crippen molar-refractivity contribution >= 4 is 31.5 Å². The van der Waals surface area contributed by atoms with Gasteiger partial charge in [-0.15, -0.1) is 11.3 Å². The molecule has 5 heteroatoms. The van der Waals surface area contributed by atoms with E-state index in [9.17, 15) is 0 Å². The molecule has 0 bridgehead atoms.